The summed E-state index contributed by atoms with van der Waals surface area (Å²) in [6, 6.07) is 3.18. The third kappa shape index (κ3) is 2.18. The Labute approximate surface area is 139 Å². The summed E-state index contributed by atoms with van der Waals surface area (Å²) in [7, 11) is 3.47. The van der Waals surface area contributed by atoms with Crippen molar-refractivity contribution in [2.45, 2.75) is 20.8 Å². The number of hydrogen-bond acceptors (Lipinski definition) is 4. The van der Waals surface area contributed by atoms with Gasteiger partial charge in [-0.1, -0.05) is 0 Å². The number of pyridine rings is 1. The van der Waals surface area contributed by atoms with Crippen LogP contribution >= 0.6 is 0 Å². The molecule has 0 bridgehead atoms. The van der Waals surface area contributed by atoms with Crippen LogP contribution in [0.2, 0.25) is 0 Å². The minimum absolute atomic E-state index is 0.120. The van der Waals surface area contributed by atoms with Crippen LogP contribution in [0.4, 0.5) is 0 Å². The quantitative estimate of drug-likeness (QED) is 0.750. The van der Waals surface area contributed by atoms with Crippen molar-refractivity contribution < 1.29 is 14.3 Å². The summed E-state index contributed by atoms with van der Waals surface area (Å²) >= 11 is 0. The number of rotatable bonds is 3. The Kier molecular flexibility index (Phi) is 3.83. The Morgan fingerprint density at radius 1 is 1.29 bits per heavy atom. The first kappa shape index (κ1) is 16.1. The van der Waals surface area contributed by atoms with Gasteiger partial charge in [-0.2, -0.15) is 0 Å². The summed E-state index contributed by atoms with van der Waals surface area (Å²) in [5.41, 5.74) is 3.39. The highest BCUT2D eigenvalue weighted by Crippen LogP contribution is 2.34. The maximum absolute atomic E-state index is 12.8. The lowest BCUT2D eigenvalue weighted by molar-refractivity contribution is 0.0520. The van der Waals surface area contributed by atoms with E-state index in [0.29, 0.717) is 16.7 Å². The number of carbonyl (C=O) groups is 1. The van der Waals surface area contributed by atoms with Crippen molar-refractivity contribution >= 4 is 27.8 Å². The molecule has 0 fully saturated rings. The average molecular weight is 328 g/mol. The molecule has 0 saturated carbocycles. The predicted molar refractivity (Wildman–Crippen MR) is 93.0 cm³/mol. The van der Waals surface area contributed by atoms with E-state index in [1.54, 1.807) is 14.0 Å². The minimum Gasteiger partial charge on any atom is -0.495 e. The number of aryl methyl sites for hydroxylation is 2. The third-order valence-corrected chi connectivity index (χ3v) is 4.55. The first-order valence-corrected chi connectivity index (χ1v) is 7.77. The lowest BCUT2D eigenvalue weighted by Crippen LogP contribution is -2.14. The molecule has 2 aromatic heterocycles. The molecule has 0 aliphatic carbocycles. The van der Waals surface area contributed by atoms with Crippen molar-refractivity contribution in [3.8, 4) is 5.75 Å². The Morgan fingerprint density at radius 3 is 2.62 bits per heavy atom. The Hall–Kier alpha value is -2.76. The second kappa shape index (κ2) is 5.70. The van der Waals surface area contributed by atoms with Gasteiger partial charge in [0.1, 0.15) is 11.4 Å². The molecule has 0 unspecified atom stereocenters. The second-order valence-electron chi connectivity index (χ2n) is 5.76. The number of benzene rings is 1. The van der Waals surface area contributed by atoms with Crippen LogP contribution in [0.15, 0.2) is 16.9 Å². The molecule has 24 heavy (non-hydrogen) atoms. The number of aromatic nitrogens is 2. The van der Waals surface area contributed by atoms with E-state index in [2.05, 4.69) is 4.98 Å². The van der Waals surface area contributed by atoms with Crippen LogP contribution in [0.5, 0.6) is 5.75 Å². The van der Waals surface area contributed by atoms with Crippen LogP contribution in [0.25, 0.3) is 21.8 Å². The topological polar surface area (TPSA) is 73.3 Å². The fourth-order valence-corrected chi connectivity index (χ4v) is 3.11. The van der Waals surface area contributed by atoms with Crippen molar-refractivity contribution in [2.75, 3.05) is 13.7 Å². The van der Waals surface area contributed by atoms with Gasteiger partial charge in [-0.25, -0.2) is 4.79 Å². The van der Waals surface area contributed by atoms with Gasteiger partial charge in [0.15, 0.2) is 5.43 Å². The van der Waals surface area contributed by atoms with E-state index in [1.807, 2.05) is 31.5 Å². The maximum atomic E-state index is 12.8. The van der Waals surface area contributed by atoms with Crippen molar-refractivity contribution in [1.29, 1.82) is 0 Å². The molecule has 1 N–H and O–H groups in total. The summed E-state index contributed by atoms with van der Waals surface area (Å²) < 4.78 is 12.4. The molecule has 126 valence electrons. The Morgan fingerprint density at radius 2 is 2.00 bits per heavy atom. The van der Waals surface area contributed by atoms with E-state index in [0.717, 1.165) is 22.2 Å². The monoisotopic (exact) mass is 328 g/mol. The molecule has 6 heteroatoms. The number of nitrogens with one attached hydrogen (secondary N) is 1. The third-order valence-electron chi connectivity index (χ3n) is 4.55. The second-order valence-corrected chi connectivity index (χ2v) is 5.76. The summed E-state index contributed by atoms with van der Waals surface area (Å²) in [5, 5.41) is 1.48. The number of esters is 1. The number of nitrogens with zero attached hydrogens (tertiary/aromatic N) is 1. The van der Waals surface area contributed by atoms with E-state index >= 15 is 0 Å². The molecule has 0 saturated heterocycles. The van der Waals surface area contributed by atoms with Crippen LogP contribution in [0.3, 0.4) is 0 Å². The summed E-state index contributed by atoms with van der Waals surface area (Å²) in [6.07, 6.45) is 0. The molecular weight excluding hydrogens is 308 g/mol. The highest BCUT2D eigenvalue weighted by Gasteiger charge is 2.20. The molecule has 3 rings (SSSR count). The van der Waals surface area contributed by atoms with Crippen LogP contribution < -0.4 is 10.2 Å². The van der Waals surface area contributed by atoms with E-state index in [1.165, 1.54) is 6.07 Å². The van der Waals surface area contributed by atoms with Crippen molar-refractivity contribution in [3.63, 3.8) is 0 Å². The lowest BCUT2D eigenvalue weighted by Gasteiger charge is -2.10. The lowest BCUT2D eigenvalue weighted by atomic mass is 10.1. The largest absolute Gasteiger partial charge is 0.495 e. The zero-order chi connectivity index (χ0) is 17.6. The van der Waals surface area contributed by atoms with Crippen LogP contribution in [0, 0.1) is 13.8 Å². The number of aromatic amines is 1. The van der Waals surface area contributed by atoms with Gasteiger partial charge >= 0.3 is 5.97 Å². The highest BCUT2D eigenvalue weighted by atomic mass is 16.5. The number of fused-ring (bicyclic) bond motifs is 3. The number of carbonyl (C=O) groups excluding carboxylic acids is 1. The predicted octanol–water partition coefficient (Wildman–Crippen LogP) is 2.82. The van der Waals surface area contributed by atoms with E-state index < -0.39 is 5.97 Å². The minimum atomic E-state index is -0.558. The molecule has 0 atom stereocenters. The normalized spacial score (nSPS) is 11.2. The van der Waals surface area contributed by atoms with Gasteiger partial charge in [0.05, 0.1) is 30.1 Å². The molecule has 3 aromatic rings. The molecular formula is C18H20N2O4. The van der Waals surface area contributed by atoms with Gasteiger partial charge in [0.25, 0.3) is 0 Å². The van der Waals surface area contributed by atoms with Crippen molar-refractivity contribution in [1.82, 2.24) is 9.55 Å². The van der Waals surface area contributed by atoms with E-state index in [4.69, 9.17) is 9.47 Å². The first-order valence-electron chi connectivity index (χ1n) is 7.77. The van der Waals surface area contributed by atoms with Crippen LogP contribution in [-0.4, -0.2) is 29.2 Å². The number of H-pyrrole nitrogens is 1. The van der Waals surface area contributed by atoms with E-state index in [-0.39, 0.29) is 17.7 Å². The van der Waals surface area contributed by atoms with Gasteiger partial charge < -0.3 is 19.0 Å². The number of hydrogen-bond donors (Lipinski definition) is 1. The number of methoxy groups -OCH3 is 1. The molecule has 0 amide bonds. The smallest absolute Gasteiger partial charge is 0.354 e. The summed E-state index contributed by atoms with van der Waals surface area (Å²) in [4.78, 5) is 27.8. The molecule has 0 aliphatic rings. The fraction of sp³-hybridized carbons (Fsp3) is 0.333. The van der Waals surface area contributed by atoms with Crippen LogP contribution in [0.1, 0.15) is 28.7 Å². The molecule has 6 nitrogen and oxygen atoms in total. The highest BCUT2D eigenvalue weighted by molar-refractivity contribution is 6.09. The molecule has 0 spiro atoms. The summed E-state index contributed by atoms with van der Waals surface area (Å²) in [6.45, 7) is 5.99. The molecule has 1 aromatic carbocycles. The van der Waals surface area contributed by atoms with Gasteiger partial charge in [0, 0.05) is 24.2 Å². The van der Waals surface area contributed by atoms with E-state index in [9.17, 15) is 9.59 Å². The van der Waals surface area contributed by atoms with Crippen molar-refractivity contribution in [2.24, 2.45) is 7.05 Å². The fourth-order valence-electron chi connectivity index (χ4n) is 3.11. The standard InChI is InChI=1S/C18H20N2O4/c1-6-24-18(22)12-8-13(21)15-16(19-12)14(23-5)7-11-9(2)10(3)20(4)17(11)15/h7-8H,6H2,1-5H3,(H,19,21). The zero-order valence-corrected chi connectivity index (χ0v) is 14.4. The van der Waals surface area contributed by atoms with Crippen molar-refractivity contribution in [3.05, 3.63) is 39.3 Å². The van der Waals surface area contributed by atoms with Gasteiger partial charge in [-0.05, 0) is 32.4 Å². The Balaban J connectivity index is 2.49. The molecule has 0 aliphatic heterocycles. The number of ether oxygens (including phenoxy) is 2. The van der Waals surface area contributed by atoms with Gasteiger partial charge in [-0.3, -0.25) is 4.79 Å². The molecule has 2 heterocycles. The zero-order valence-electron chi connectivity index (χ0n) is 14.4. The van der Waals surface area contributed by atoms with Gasteiger partial charge in [-0.15, -0.1) is 0 Å². The molecule has 0 radical (unpaired) electrons. The first-order chi connectivity index (χ1) is 11.4. The van der Waals surface area contributed by atoms with Crippen LogP contribution in [-0.2, 0) is 11.8 Å². The maximum Gasteiger partial charge on any atom is 0.354 e. The Bertz CT molecular complexity index is 1030. The summed E-state index contributed by atoms with van der Waals surface area (Å²) in [5.74, 6) is -0.0349. The average Bonchev–Trinajstić information content (AvgIpc) is 2.78. The SMILES string of the molecule is CCOC(=O)c1cc(=O)c2c([nH]1)c(OC)cc1c(C)c(C)n(C)c12. The van der Waals surface area contributed by atoms with Gasteiger partial charge in [0.2, 0.25) is 0 Å².